The summed E-state index contributed by atoms with van der Waals surface area (Å²) in [5.41, 5.74) is 1.76. The normalized spacial score (nSPS) is 11.3. The van der Waals surface area contributed by atoms with Gasteiger partial charge in [0.1, 0.15) is 5.01 Å². The fourth-order valence-electron chi connectivity index (χ4n) is 2.19. The monoisotopic (exact) mass is 424 g/mol. The summed E-state index contributed by atoms with van der Waals surface area (Å²) in [4.78, 5) is 0.709. The largest absolute Gasteiger partial charge is 0.235 e. The maximum absolute atomic E-state index is 6.27. The van der Waals surface area contributed by atoms with Crippen molar-refractivity contribution < 1.29 is 0 Å². The van der Waals surface area contributed by atoms with Crippen molar-refractivity contribution in [2.75, 3.05) is 0 Å². The van der Waals surface area contributed by atoms with Crippen LogP contribution in [0.15, 0.2) is 46.9 Å². The average Bonchev–Trinajstić information content (AvgIpc) is 3.08. The molecule has 114 valence electrons. The van der Waals surface area contributed by atoms with E-state index in [-0.39, 0.29) is 0 Å². The number of hydrogen-bond donors (Lipinski definition) is 0. The Hall–Kier alpha value is -1.47. The average molecular weight is 426 g/mol. The highest BCUT2D eigenvalue weighted by molar-refractivity contribution is 9.10. The maximum atomic E-state index is 6.27. The second-order valence-corrected chi connectivity index (χ2v) is 7.47. The highest BCUT2D eigenvalue weighted by atomic mass is 79.9. The quantitative estimate of drug-likeness (QED) is 0.420. The van der Waals surface area contributed by atoms with Crippen LogP contribution >= 0.6 is 50.5 Å². The summed E-state index contributed by atoms with van der Waals surface area (Å²) >= 11 is 17.2. The fourth-order valence-corrected chi connectivity index (χ4v) is 3.92. The minimum absolute atomic E-state index is 0.517. The molecule has 2 heterocycles. The number of nitrogens with zero attached hydrogens (tertiary/aromatic N) is 4. The van der Waals surface area contributed by atoms with Gasteiger partial charge in [0.05, 0.1) is 5.02 Å². The van der Waals surface area contributed by atoms with Crippen LogP contribution in [0.1, 0.15) is 0 Å². The molecule has 0 radical (unpaired) electrons. The smallest absolute Gasteiger partial charge is 0.182 e. The van der Waals surface area contributed by atoms with Crippen LogP contribution in [0.2, 0.25) is 10.0 Å². The van der Waals surface area contributed by atoms with E-state index in [2.05, 4.69) is 31.2 Å². The van der Waals surface area contributed by atoms with E-state index in [1.807, 2.05) is 30.3 Å². The van der Waals surface area contributed by atoms with Crippen LogP contribution in [0.3, 0.4) is 0 Å². The van der Waals surface area contributed by atoms with Crippen LogP contribution < -0.4 is 0 Å². The second-order valence-electron chi connectivity index (χ2n) is 4.76. The predicted octanol–water partition coefficient (Wildman–Crippen LogP) is 5.59. The third-order valence-electron chi connectivity index (χ3n) is 3.23. The minimum Gasteiger partial charge on any atom is -0.182 e. The van der Waals surface area contributed by atoms with Gasteiger partial charge in [0.2, 0.25) is 4.96 Å². The molecule has 0 amide bonds. The number of benzene rings is 2. The first-order chi connectivity index (χ1) is 11.1. The molecule has 0 bridgehead atoms. The third-order valence-corrected chi connectivity index (χ3v) is 5.22. The third kappa shape index (κ3) is 2.76. The van der Waals surface area contributed by atoms with Crippen molar-refractivity contribution in [2.24, 2.45) is 0 Å². The molecule has 0 saturated heterocycles. The van der Waals surface area contributed by atoms with Crippen LogP contribution in [-0.4, -0.2) is 19.8 Å². The van der Waals surface area contributed by atoms with Crippen molar-refractivity contribution in [3.05, 3.63) is 57.0 Å². The maximum Gasteiger partial charge on any atom is 0.235 e. The number of rotatable bonds is 2. The summed E-state index contributed by atoms with van der Waals surface area (Å²) in [5.74, 6) is 0.596. The predicted molar refractivity (Wildman–Crippen MR) is 97.3 cm³/mol. The van der Waals surface area contributed by atoms with Gasteiger partial charge in [-0.15, -0.1) is 10.2 Å². The lowest BCUT2D eigenvalue weighted by Gasteiger charge is -2.01. The minimum atomic E-state index is 0.517. The lowest BCUT2D eigenvalue weighted by Crippen LogP contribution is -1.91. The summed E-state index contributed by atoms with van der Waals surface area (Å²) in [6, 6.07) is 13.2. The summed E-state index contributed by atoms with van der Waals surface area (Å²) in [5, 5.41) is 15.0. The summed E-state index contributed by atoms with van der Waals surface area (Å²) in [7, 11) is 0. The second kappa shape index (κ2) is 5.87. The summed E-state index contributed by atoms with van der Waals surface area (Å²) in [6.45, 7) is 0. The molecule has 0 atom stereocenters. The molecule has 0 aliphatic carbocycles. The first-order valence-electron chi connectivity index (χ1n) is 6.55. The molecule has 0 N–H and O–H groups in total. The van der Waals surface area contributed by atoms with Gasteiger partial charge in [-0.1, -0.05) is 62.6 Å². The van der Waals surface area contributed by atoms with E-state index >= 15 is 0 Å². The molecular weight excluding hydrogens is 419 g/mol. The first-order valence-corrected chi connectivity index (χ1v) is 8.92. The lowest BCUT2D eigenvalue weighted by atomic mass is 10.2. The van der Waals surface area contributed by atoms with Crippen LogP contribution in [0.25, 0.3) is 26.9 Å². The van der Waals surface area contributed by atoms with Gasteiger partial charge in [-0.25, -0.2) is 0 Å². The lowest BCUT2D eigenvalue weighted by molar-refractivity contribution is 0.970. The Balaban J connectivity index is 1.87. The zero-order chi connectivity index (χ0) is 16.0. The zero-order valence-corrected chi connectivity index (χ0v) is 15.3. The van der Waals surface area contributed by atoms with Gasteiger partial charge < -0.3 is 0 Å². The van der Waals surface area contributed by atoms with Gasteiger partial charge >= 0.3 is 0 Å². The van der Waals surface area contributed by atoms with Crippen molar-refractivity contribution in [1.29, 1.82) is 0 Å². The topological polar surface area (TPSA) is 43.1 Å². The van der Waals surface area contributed by atoms with E-state index in [1.165, 1.54) is 11.3 Å². The molecule has 0 aliphatic heterocycles. The fraction of sp³-hybridized carbons (Fsp3) is 0. The van der Waals surface area contributed by atoms with E-state index < -0.39 is 0 Å². The van der Waals surface area contributed by atoms with E-state index in [0.29, 0.717) is 20.8 Å². The number of fused-ring (bicyclic) bond motifs is 1. The van der Waals surface area contributed by atoms with Crippen LogP contribution in [-0.2, 0) is 0 Å². The van der Waals surface area contributed by atoms with Gasteiger partial charge in [-0.05, 0) is 30.3 Å². The molecular formula is C15H7BrCl2N4S. The highest BCUT2D eigenvalue weighted by Crippen LogP contribution is 2.32. The number of hydrogen-bond acceptors (Lipinski definition) is 4. The van der Waals surface area contributed by atoms with Gasteiger partial charge in [-0.2, -0.15) is 9.61 Å². The van der Waals surface area contributed by atoms with Crippen molar-refractivity contribution in [3.63, 3.8) is 0 Å². The molecule has 0 aliphatic rings. The van der Waals surface area contributed by atoms with E-state index in [1.54, 1.807) is 16.6 Å². The standard InChI is InChI=1S/C15H7BrCl2N4S/c16-9-3-1-2-8(6-9)14-21-22-13(19-20-15(22)23-14)11-5-4-10(17)7-12(11)18/h1-7H. The molecule has 4 aromatic rings. The van der Waals surface area contributed by atoms with Crippen molar-refractivity contribution in [3.8, 4) is 22.0 Å². The van der Waals surface area contributed by atoms with Crippen molar-refractivity contribution >= 4 is 55.4 Å². The highest BCUT2D eigenvalue weighted by Gasteiger charge is 2.16. The molecule has 8 heteroatoms. The Bertz CT molecular complexity index is 1030. The first kappa shape index (κ1) is 15.1. The molecule has 2 aromatic heterocycles. The van der Waals surface area contributed by atoms with Gasteiger partial charge in [0.15, 0.2) is 5.82 Å². The molecule has 4 rings (SSSR count). The number of halogens is 3. The van der Waals surface area contributed by atoms with E-state index in [0.717, 1.165) is 20.6 Å². The van der Waals surface area contributed by atoms with Crippen molar-refractivity contribution in [1.82, 2.24) is 19.8 Å². The van der Waals surface area contributed by atoms with Crippen LogP contribution in [0.4, 0.5) is 0 Å². The van der Waals surface area contributed by atoms with Crippen molar-refractivity contribution in [2.45, 2.75) is 0 Å². The van der Waals surface area contributed by atoms with Gasteiger partial charge in [0, 0.05) is 20.6 Å². The summed E-state index contributed by atoms with van der Waals surface area (Å²) < 4.78 is 2.71. The van der Waals surface area contributed by atoms with E-state index in [9.17, 15) is 0 Å². The Morgan fingerprint density at radius 2 is 1.91 bits per heavy atom. The molecule has 4 nitrogen and oxygen atoms in total. The number of aromatic nitrogens is 4. The molecule has 2 aromatic carbocycles. The Morgan fingerprint density at radius 1 is 1.04 bits per heavy atom. The zero-order valence-electron chi connectivity index (χ0n) is 11.4. The van der Waals surface area contributed by atoms with E-state index in [4.69, 9.17) is 23.2 Å². The Kier molecular flexibility index (Phi) is 3.85. The Labute approximate surface area is 153 Å². The molecule has 0 saturated carbocycles. The molecule has 0 fully saturated rings. The molecule has 0 unspecified atom stereocenters. The SMILES string of the molecule is Clc1ccc(-c2nnc3sc(-c4cccc(Br)c4)nn23)c(Cl)c1. The van der Waals surface area contributed by atoms with Crippen LogP contribution in [0.5, 0.6) is 0 Å². The molecule has 0 spiro atoms. The molecule has 23 heavy (non-hydrogen) atoms. The van der Waals surface area contributed by atoms with Gasteiger partial charge in [-0.3, -0.25) is 0 Å². The Morgan fingerprint density at radius 3 is 2.70 bits per heavy atom. The summed E-state index contributed by atoms with van der Waals surface area (Å²) in [6.07, 6.45) is 0. The van der Waals surface area contributed by atoms with Crippen LogP contribution in [0, 0.1) is 0 Å². The van der Waals surface area contributed by atoms with Gasteiger partial charge in [0.25, 0.3) is 0 Å².